The first-order valence-electron chi connectivity index (χ1n) is 8.82. The number of anilines is 1. The molecule has 27 heavy (non-hydrogen) atoms. The first-order chi connectivity index (χ1) is 13.1. The zero-order valence-electron chi connectivity index (χ0n) is 15.3. The number of nitrogens with zero attached hydrogens (tertiary/aromatic N) is 1. The Morgan fingerprint density at radius 3 is 2.74 bits per heavy atom. The molecule has 1 N–H and O–H groups in total. The monoisotopic (exact) mass is 366 g/mol. The minimum Gasteiger partial charge on any atom is -0.493 e. The van der Waals surface area contributed by atoms with E-state index in [9.17, 15) is 9.59 Å². The van der Waals surface area contributed by atoms with Crippen molar-refractivity contribution in [1.82, 2.24) is 5.32 Å². The number of amides is 2. The van der Waals surface area contributed by atoms with E-state index < -0.39 is 6.10 Å². The number of rotatable bonds is 5. The SMILES string of the molecule is CCOc1ccccc1/C=C/C(=O)N1CC(C(=O)NC)Oc2ccccc21. The number of carbonyl (C=O) groups is 2. The van der Waals surface area contributed by atoms with Crippen LogP contribution in [0.1, 0.15) is 12.5 Å². The number of hydrogen-bond acceptors (Lipinski definition) is 4. The molecule has 140 valence electrons. The third-order valence-electron chi connectivity index (χ3n) is 4.20. The van der Waals surface area contributed by atoms with Gasteiger partial charge in [0, 0.05) is 18.7 Å². The molecule has 1 aliphatic rings. The molecule has 1 atom stereocenters. The highest BCUT2D eigenvalue weighted by molar-refractivity contribution is 6.06. The van der Waals surface area contributed by atoms with Gasteiger partial charge >= 0.3 is 0 Å². The summed E-state index contributed by atoms with van der Waals surface area (Å²) in [6.45, 7) is 2.60. The molecule has 0 saturated heterocycles. The summed E-state index contributed by atoms with van der Waals surface area (Å²) >= 11 is 0. The van der Waals surface area contributed by atoms with Crippen LogP contribution in [-0.2, 0) is 9.59 Å². The topological polar surface area (TPSA) is 67.9 Å². The summed E-state index contributed by atoms with van der Waals surface area (Å²) in [5.41, 5.74) is 1.46. The second kappa shape index (κ2) is 8.40. The van der Waals surface area contributed by atoms with Crippen LogP contribution in [0.25, 0.3) is 6.08 Å². The molecule has 0 bridgehead atoms. The minimum atomic E-state index is -0.752. The largest absolute Gasteiger partial charge is 0.493 e. The second-order valence-corrected chi connectivity index (χ2v) is 5.94. The predicted octanol–water partition coefficient (Wildman–Crippen LogP) is 2.64. The summed E-state index contributed by atoms with van der Waals surface area (Å²) in [4.78, 5) is 26.5. The van der Waals surface area contributed by atoms with Gasteiger partial charge in [-0.05, 0) is 31.2 Å². The van der Waals surface area contributed by atoms with Crippen molar-refractivity contribution in [3.05, 3.63) is 60.2 Å². The van der Waals surface area contributed by atoms with Crippen molar-refractivity contribution in [1.29, 1.82) is 0 Å². The van der Waals surface area contributed by atoms with Crippen molar-refractivity contribution < 1.29 is 19.1 Å². The summed E-state index contributed by atoms with van der Waals surface area (Å²) in [6.07, 6.45) is 2.46. The molecule has 1 unspecified atom stereocenters. The van der Waals surface area contributed by atoms with E-state index in [1.165, 1.54) is 6.08 Å². The molecule has 6 nitrogen and oxygen atoms in total. The Morgan fingerprint density at radius 1 is 1.22 bits per heavy atom. The van der Waals surface area contributed by atoms with Crippen molar-refractivity contribution in [2.75, 3.05) is 25.1 Å². The van der Waals surface area contributed by atoms with Gasteiger partial charge in [-0.3, -0.25) is 9.59 Å². The average Bonchev–Trinajstić information content (AvgIpc) is 2.71. The van der Waals surface area contributed by atoms with Gasteiger partial charge in [-0.1, -0.05) is 30.3 Å². The van der Waals surface area contributed by atoms with Gasteiger partial charge in [-0.15, -0.1) is 0 Å². The Morgan fingerprint density at radius 2 is 1.96 bits per heavy atom. The van der Waals surface area contributed by atoms with Gasteiger partial charge < -0.3 is 19.7 Å². The van der Waals surface area contributed by atoms with Crippen LogP contribution in [0.5, 0.6) is 11.5 Å². The Hall–Kier alpha value is -3.28. The van der Waals surface area contributed by atoms with E-state index in [2.05, 4.69) is 5.32 Å². The van der Waals surface area contributed by atoms with Gasteiger partial charge in [-0.2, -0.15) is 0 Å². The highest BCUT2D eigenvalue weighted by Gasteiger charge is 2.32. The average molecular weight is 366 g/mol. The Balaban J connectivity index is 1.86. The molecule has 1 aliphatic heterocycles. The van der Waals surface area contributed by atoms with Gasteiger partial charge in [0.15, 0.2) is 6.10 Å². The molecule has 2 aromatic carbocycles. The molecule has 2 aromatic rings. The smallest absolute Gasteiger partial charge is 0.262 e. The highest BCUT2D eigenvalue weighted by Crippen LogP contribution is 2.33. The van der Waals surface area contributed by atoms with Gasteiger partial charge in [0.2, 0.25) is 0 Å². The number of carbonyl (C=O) groups excluding carboxylic acids is 2. The lowest BCUT2D eigenvalue weighted by molar-refractivity contribution is -0.127. The van der Waals surface area contributed by atoms with Crippen molar-refractivity contribution in [3.8, 4) is 11.5 Å². The minimum absolute atomic E-state index is 0.146. The van der Waals surface area contributed by atoms with Gasteiger partial charge in [-0.25, -0.2) is 0 Å². The summed E-state index contributed by atoms with van der Waals surface area (Å²) in [5, 5.41) is 2.57. The fraction of sp³-hybridized carbons (Fsp3) is 0.238. The zero-order chi connectivity index (χ0) is 19.2. The molecular weight excluding hydrogens is 344 g/mol. The normalized spacial score (nSPS) is 15.8. The summed E-state index contributed by atoms with van der Waals surface area (Å²) in [7, 11) is 1.54. The molecule has 2 amide bonds. The maximum atomic E-state index is 12.9. The van der Waals surface area contributed by atoms with E-state index in [1.54, 1.807) is 30.2 Å². The van der Waals surface area contributed by atoms with Crippen LogP contribution < -0.4 is 19.7 Å². The summed E-state index contributed by atoms with van der Waals surface area (Å²) in [5.74, 6) is 0.724. The van der Waals surface area contributed by atoms with Gasteiger partial charge in [0.05, 0.1) is 18.8 Å². The fourth-order valence-corrected chi connectivity index (χ4v) is 2.90. The maximum absolute atomic E-state index is 12.9. The molecule has 3 rings (SSSR count). The maximum Gasteiger partial charge on any atom is 0.262 e. The quantitative estimate of drug-likeness (QED) is 0.826. The van der Waals surface area contributed by atoms with Crippen molar-refractivity contribution in [2.45, 2.75) is 13.0 Å². The van der Waals surface area contributed by atoms with Crippen LogP contribution in [-0.4, -0.2) is 38.1 Å². The molecule has 0 saturated carbocycles. The number of benzene rings is 2. The lowest BCUT2D eigenvalue weighted by Gasteiger charge is -2.33. The molecule has 0 aliphatic carbocycles. The second-order valence-electron chi connectivity index (χ2n) is 5.94. The Kier molecular flexibility index (Phi) is 5.76. The van der Waals surface area contributed by atoms with Crippen LogP contribution in [0.3, 0.4) is 0 Å². The molecule has 6 heteroatoms. The van der Waals surface area contributed by atoms with Crippen LogP contribution in [0.4, 0.5) is 5.69 Å². The Bertz CT molecular complexity index is 863. The lowest BCUT2D eigenvalue weighted by Crippen LogP contribution is -2.49. The van der Waals surface area contributed by atoms with E-state index in [1.807, 2.05) is 43.3 Å². The van der Waals surface area contributed by atoms with E-state index in [0.29, 0.717) is 18.0 Å². The number of fused-ring (bicyclic) bond motifs is 1. The van der Waals surface area contributed by atoms with Crippen molar-refractivity contribution in [3.63, 3.8) is 0 Å². The highest BCUT2D eigenvalue weighted by atomic mass is 16.5. The molecule has 0 spiro atoms. The number of likely N-dealkylation sites (N-methyl/N-ethyl adjacent to an activating group) is 1. The number of nitrogens with one attached hydrogen (secondary N) is 1. The van der Waals surface area contributed by atoms with E-state index in [4.69, 9.17) is 9.47 Å². The molecule has 0 radical (unpaired) electrons. The third kappa shape index (κ3) is 4.11. The van der Waals surface area contributed by atoms with E-state index in [0.717, 1.165) is 11.3 Å². The molecule has 0 fully saturated rings. The fourth-order valence-electron chi connectivity index (χ4n) is 2.90. The van der Waals surface area contributed by atoms with E-state index >= 15 is 0 Å². The summed E-state index contributed by atoms with van der Waals surface area (Å²) < 4.78 is 11.3. The first-order valence-corrected chi connectivity index (χ1v) is 8.82. The lowest BCUT2D eigenvalue weighted by atomic mass is 10.1. The standard InChI is InChI=1S/C21H22N2O4/c1-3-26-17-10-6-4-8-15(17)12-13-20(24)23-14-19(21(25)22-2)27-18-11-7-5-9-16(18)23/h4-13,19H,3,14H2,1-2H3,(H,22,25)/b13-12+. The van der Waals surface area contributed by atoms with Gasteiger partial charge in [0.25, 0.3) is 11.8 Å². The molecule has 1 heterocycles. The number of ether oxygens (including phenoxy) is 2. The summed E-state index contributed by atoms with van der Waals surface area (Å²) in [6, 6.07) is 14.7. The van der Waals surface area contributed by atoms with Crippen LogP contribution in [0.2, 0.25) is 0 Å². The van der Waals surface area contributed by atoms with Crippen LogP contribution in [0, 0.1) is 0 Å². The zero-order valence-corrected chi connectivity index (χ0v) is 15.3. The predicted molar refractivity (Wildman–Crippen MR) is 104 cm³/mol. The third-order valence-corrected chi connectivity index (χ3v) is 4.20. The Labute approximate surface area is 158 Å². The number of hydrogen-bond donors (Lipinski definition) is 1. The van der Waals surface area contributed by atoms with Crippen molar-refractivity contribution in [2.24, 2.45) is 0 Å². The van der Waals surface area contributed by atoms with Crippen molar-refractivity contribution >= 4 is 23.6 Å². The van der Waals surface area contributed by atoms with Crippen LogP contribution >= 0.6 is 0 Å². The van der Waals surface area contributed by atoms with Crippen LogP contribution in [0.15, 0.2) is 54.6 Å². The van der Waals surface area contributed by atoms with E-state index in [-0.39, 0.29) is 18.4 Å². The van der Waals surface area contributed by atoms with Gasteiger partial charge in [0.1, 0.15) is 11.5 Å². The number of para-hydroxylation sites is 3. The first kappa shape index (κ1) is 18.5. The molecule has 0 aromatic heterocycles. The molecular formula is C21H22N2O4.